The van der Waals surface area contributed by atoms with Gasteiger partial charge in [0, 0.05) is 40.3 Å². The molecule has 0 atom stereocenters. The number of likely N-dealkylation sites (N-methyl/N-ethyl adjacent to an activating group) is 1. The standard InChI is InChI=1S/C20H41N5.HI/c1-18-7-9-19(10-8-18)17-24(4)20(21-2)22-11-5-13-25-14-6-12-23(3)15-16-25;/h18-19H,5-17H2,1-4H3,(H,21,22);1H. The minimum absolute atomic E-state index is 0. The zero-order chi connectivity index (χ0) is 18.1. The van der Waals surface area contributed by atoms with Crippen molar-refractivity contribution in [1.29, 1.82) is 0 Å². The van der Waals surface area contributed by atoms with E-state index < -0.39 is 0 Å². The molecule has 0 amide bonds. The molecule has 5 nitrogen and oxygen atoms in total. The molecule has 1 saturated carbocycles. The Labute approximate surface area is 179 Å². The number of nitrogens with zero attached hydrogens (tertiary/aromatic N) is 4. The smallest absolute Gasteiger partial charge is 0.193 e. The third kappa shape index (κ3) is 8.74. The number of guanidine groups is 1. The van der Waals surface area contributed by atoms with Gasteiger partial charge in [0.05, 0.1) is 0 Å². The summed E-state index contributed by atoms with van der Waals surface area (Å²) in [5.41, 5.74) is 0. The van der Waals surface area contributed by atoms with Gasteiger partial charge in [-0.1, -0.05) is 19.8 Å². The normalized spacial score (nSPS) is 26.1. The molecule has 1 aliphatic carbocycles. The molecule has 1 aliphatic heterocycles. The third-order valence-electron chi connectivity index (χ3n) is 5.99. The van der Waals surface area contributed by atoms with Crippen LogP contribution in [0.1, 0.15) is 45.4 Å². The molecule has 0 aromatic heterocycles. The van der Waals surface area contributed by atoms with Crippen LogP contribution in [0.5, 0.6) is 0 Å². The first kappa shape index (κ1) is 24.0. The van der Waals surface area contributed by atoms with Crippen molar-refractivity contribution < 1.29 is 0 Å². The van der Waals surface area contributed by atoms with Gasteiger partial charge in [0.1, 0.15) is 0 Å². The van der Waals surface area contributed by atoms with Gasteiger partial charge in [-0.15, -0.1) is 24.0 Å². The summed E-state index contributed by atoms with van der Waals surface area (Å²) in [5.74, 6) is 2.83. The second-order valence-corrected chi connectivity index (χ2v) is 8.33. The van der Waals surface area contributed by atoms with Gasteiger partial charge < -0.3 is 20.0 Å². The van der Waals surface area contributed by atoms with Crippen LogP contribution in [0.4, 0.5) is 0 Å². The fourth-order valence-corrected chi connectivity index (χ4v) is 4.20. The van der Waals surface area contributed by atoms with E-state index in [1.54, 1.807) is 0 Å². The summed E-state index contributed by atoms with van der Waals surface area (Å²) in [4.78, 5) is 11.9. The van der Waals surface area contributed by atoms with E-state index in [2.05, 4.69) is 46.0 Å². The highest BCUT2D eigenvalue weighted by Gasteiger charge is 2.20. The maximum Gasteiger partial charge on any atom is 0.193 e. The highest BCUT2D eigenvalue weighted by molar-refractivity contribution is 14.0. The summed E-state index contributed by atoms with van der Waals surface area (Å²) in [5, 5.41) is 3.57. The topological polar surface area (TPSA) is 34.1 Å². The maximum atomic E-state index is 4.49. The molecule has 1 saturated heterocycles. The molecule has 0 bridgehead atoms. The van der Waals surface area contributed by atoms with Crippen molar-refractivity contribution in [3.63, 3.8) is 0 Å². The van der Waals surface area contributed by atoms with Gasteiger partial charge in [0.2, 0.25) is 0 Å². The summed E-state index contributed by atoms with van der Waals surface area (Å²) in [6.07, 6.45) is 8.05. The van der Waals surface area contributed by atoms with Gasteiger partial charge in [-0.3, -0.25) is 4.99 Å². The maximum absolute atomic E-state index is 4.49. The molecule has 0 aromatic rings. The second kappa shape index (κ2) is 13.2. The van der Waals surface area contributed by atoms with Crippen molar-refractivity contribution in [3.05, 3.63) is 0 Å². The van der Waals surface area contributed by atoms with Gasteiger partial charge in [-0.2, -0.15) is 0 Å². The van der Waals surface area contributed by atoms with Crippen LogP contribution in [0.2, 0.25) is 0 Å². The third-order valence-corrected chi connectivity index (χ3v) is 5.99. The molecule has 1 heterocycles. The Morgan fingerprint density at radius 2 is 1.85 bits per heavy atom. The van der Waals surface area contributed by atoms with Gasteiger partial charge in [0.25, 0.3) is 0 Å². The SMILES string of the molecule is CN=C(NCCCN1CCCN(C)CC1)N(C)CC1CCC(C)CC1.I. The lowest BCUT2D eigenvalue weighted by atomic mass is 9.83. The summed E-state index contributed by atoms with van der Waals surface area (Å²) < 4.78 is 0. The Morgan fingerprint density at radius 1 is 1.12 bits per heavy atom. The summed E-state index contributed by atoms with van der Waals surface area (Å²) in [6.45, 7) is 10.7. The fraction of sp³-hybridized carbons (Fsp3) is 0.950. The van der Waals surface area contributed by atoms with Gasteiger partial charge >= 0.3 is 0 Å². The molecular weight excluding hydrogens is 437 g/mol. The van der Waals surface area contributed by atoms with Gasteiger partial charge in [-0.05, 0) is 64.2 Å². The van der Waals surface area contributed by atoms with Crippen LogP contribution in [0.25, 0.3) is 0 Å². The van der Waals surface area contributed by atoms with Crippen molar-refractivity contribution in [2.75, 3.05) is 67.0 Å². The zero-order valence-corrected chi connectivity index (χ0v) is 19.9. The van der Waals surface area contributed by atoms with Crippen molar-refractivity contribution >= 4 is 29.9 Å². The Kier molecular flexibility index (Phi) is 12.1. The predicted molar refractivity (Wildman–Crippen MR) is 124 cm³/mol. The lowest BCUT2D eigenvalue weighted by Gasteiger charge is -2.31. The van der Waals surface area contributed by atoms with Gasteiger partial charge in [-0.25, -0.2) is 0 Å². The van der Waals surface area contributed by atoms with E-state index in [1.807, 2.05) is 7.05 Å². The molecule has 0 spiro atoms. The average molecular weight is 479 g/mol. The predicted octanol–water partition coefficient (Wildman–Crippen LogP) is 2.97. The summed E-state index contributed by atoms with van der Waals surface area (Å²) in [6, 6.07) is 0. The lowest BCUT2D eigenvalue weighted by molar-refractivity contribution is 0.249. The number of hydrogen-bond donors (Lipinski definition) is 1. The molecule has 0 unspecified atom stereocenters. The largest absolute Gasteiger partial charge is 0.356 e. The van der Waals surface area contributed by atoms with Crippen LogP contribution < -0.4 is 5.32 Å². The number of halogens is 1. The van der Waals surface area contributed by atoms with Crippen LogP contribution in [-0.4, -0.2) is 87.6 Å². The Bertz CT molecular complexity index is 396. The molecule has 0 aromatic carbocycles. The quantitative estimate of drug-likeness (QED) is 0.275. The fourth-order valence-electron chi connectivity index (χ4n) is 4.20. The number of nitrogens with one attached hydrogen (secondary N) is 1. The van der Waals surface area contributed by atoms with Crippen molar-refractivity contribution in [2.24, 2.45) is 16.8 Å². The highest BCUT2D eigenvalue weighted by atomic mass is 127. The number of aliphatic imine (C=N–C) groups is 1. The Hall–Kier alpha value is -0.0800. The summed E-state index contributed by atoms with van der Waals surface area (Å²) >= 11 is 0. The molecule has 2 rings (SSSR count). The van der Waals surface area contributed by atoms with Crippen LogP contribution in [0.15, 0.2) is 4.99 Å². The summed E-state index contributed by atoms with van der Waals surface area (Å²) in [7, 11) is 6.34. The van der Waals surface area contributed by atoms with Crippen molar-refractivity contribution in [1.82, 2.24) is 20.0 Å². The van der Waals surface area contributed by atoms with Crippen LogP contribution in [-0.2, 0) is 0 Å². The minimum Gasteiger partial charge on any atom is -0.356 e. The molecule has 154 valence electrons. The molecule has 26 heavy (non-hydrogen) atoms. The van der Waals surface area contributed by atoms with E-state index in [1.165, 1.54) is 71.2 Å². The van der Waals surface area contributed by atoms with E-state index in [9.17, 15) is 0 Å². The van der Waals surface area contributed by atoms with E-state index in [0.717, 1.165) is 30.9 Å². The van der Waals surface area contributed by atoms with Crippen LogP contribution in [0, 0.1) is 11.8 Å². The lowest BCUT2D eigenvalue weighted by Crippen LogP contribution is -2.42. The Morgan fingerprint density at radius 3 is 2.54 bits per heavy atom. The Balaban J connectivity index is 0.00000338. The second-order valence-electron chi connectivity index (χ2n) is 8.33. The first-order chi connectivity index (χ1) is 12.1. The monoisotopic (exact) mass is 479 g/mol. The zero-order valence-electron chi connectivity index (χ0n) is 17.5. The first-order valence-electron chi connectivity index (χ1n) is 10.4. The molecule has 1 N–H and O–H groups in total. The van der Waals surface area contributed by atoms with E-state index >= 15 is 0 Å². The molecule has 2 aliphatic rings. The first-order valence-corrected chi connectivity index (χ1v) is 10.4. The number of rotatable bonds is 6. The highest BCUT2D eigenvalue weighted by Crippen LogP contribution is 2.28. The number of hydrogen-bond acceptors (Lipinski definition) is 3. The average Bonchev–Trinajstić information content (AvgIpc) is 2.81. The molecular formula is C20H42IN5. The van der Waals surface area contributed by atoms with Crippen LogP contribution in [0.3, 0.4) is 0 Å². The van der Waals surface area contributed by atoms with E-state index in [0.29, 0.717) is 0 Å². The van der Waals surface area contributed by atoms with Crippen LogP contribution >= 0.6 is 24.0 Å². The van der Waals surface area contributed by atoms with Crippen molar-refractivity contribution in [2.45, 2.75) is 45.4 Å². The molecule has 0 radical (unpaired) electrons. The van der Waals surface area contributed by atoms with Crippen molar-refractivity contribution in [3.8, 4) is 0 Å². The molecule has 6 heteroatoms. The van der Waals surface area contributed by atoms with Gasteiger partial charge in [0.15, 0.2) is 5.96 Å². The van der Waals surface area contributed by atoms with E-state index in [4.69, 9.17) is 0 Å². The van der Waals surface area contributed by atoms with E-state index in [-0.39, 0.29) is 24.0 Å². The minimum atomic E-state index is 0. The molecule has 2 fully saturated rings.